The van der Waals surface area contributed by atoms with E-state index in [2.05, 4.69) is 30.1 Å². The lowest BCUT2D eigenvalue weighted by Crippen LogP contribution is -2.47. The number of carbonyl (C=O) groups is 1. The largest absolute Gasteiger partial charge is 0.358 e. The van der Waals surface area contributed by atoms with Gasteiger partial charge in [0.05, 0.1) is 18.5 Å². The van der Waals surface area contributed by atoms with Gasteiger partial charge in [0.1, 0.15) is 0 Å². The molecule has 0 aliphatic heterocycles. The second-order valence-electron chi connectivity index (χ2n) is 4.96. The van der Waals surface area contributed by atoms with Gasteiger partial charge in [0.2, 0.25) is 5.91 Å². The highest BCUT2D eigenvalue weighted by atomic mass is 16.1. The Morgan fingerprint density at radius 2 is 2.24 bits per heavy atom. The number of nitriles is 1. The minimum atomic E-state index is 0.0294. The van der Waals surface area contributed by atoms with Gasteiger partial charge in [-0.15, -0.1) is 0 Å². The standard InChI is InChI=1S/C13H23N3O/c1-4-16(9-13(17)15-3)12-7-10(2)5-6-11(12)8-14/h10-12H,4-7,9H2,1-3H3,(H,15,17). The topological polar surface area (TPSA) is 56.1 Å². The fraction of sp³-hybridized carbons (Fsp3) is 0.846. The predicted octanol–water partition coefficient (Wildman–Crippen LogP) is 1.38. The van der Waals surface area contributed by atoms with Gasteiger partial charge < -0.3 is 5.32 Å². The zero-order chi connectivity index (χ0) is 12.8. The molecular formula is C13H23N3O. The third-order valence-electron chi connectivity index (χ3n) is 3.75. The molecule has 1 N–H and O–H groups in total. The molecular weight excluding hydrogens is 214 g/mol. The minimum Gasteiger partial charge on any atom is -0.358 e. The lowest BCUT2D eigenvalue weighted by Gasteiger charge is -2.38. The van der Waals surface area contributed by atoms with E-state index in [0.29, 0.717) is 12.5 Å². The molecule has 1 aliphatic carbocycles. The zero-order valence-corrected chi connectivity index (χ0v) is 11.1. The lowest BCUT2D eigenvalue weighted by molar-refractivity contribution is -0.122. The first-order chi connectivity index (χ1) is 8.12. The Hall–Kier alpha value is -1.08. The smallest absolute Gasteiger partial charge is 0.233 e. The van der Waals surface area contributed by atoms with E-state index in [4.69, 9.17) is 0 Å². The number of amides is 1. The average Bonchev–Trinajstić information content (AvgIpc) is 2.35. The summed E-state index contributed by atoms with van der Waals surface area (Å²) in [5, 5.41) is 11.9. The molecule has 0 aromatic rings. The molecule has 1 rings (SSSR count). The first-order valence-electron chi connectivity index (χ1n) is 6.46. The summed E-state index contributed by atoms with van der Waals surface area (Å²) in [6.07, 6.45) is 3.13. The maximum atomic E-state index is 11.5. The SMILES string of the molecule is CCN(CC(=O)NC)C1CC(C)CCC1C#N. The van der Waals surface area contributed by atoms with Crippen LogP contribution in [0.2, 0.25) is 0 Å². The van der Waals surface area contributed by atoms with Crippen LogP contribution in [0.3, 0.4) is 0 Å². The molecule has 1 fully saturated rings. The highest BCUT2D eigenvalue weighted by molar-refractivity contribution is 5.77. The van der Waals surface area contributed by atoms with Gasteiger partial charge in [-0.2, -0.15) is 5.26 Å². The highest BCUT2D eigenvalue weighted by Crippen LogP contribution is 2.31. The number of nitrogens with zero attached hydrogens (tertiary/aromatic N) is 2. The van der Waals surface area contributed by atoms with Crippen LogP contribution >= 0.6 is 0 Å². The Labute approximate surface area is 104 Å². The molecule has 3 atom stereocenters. The van der Waals surface area contributed by atoms with Crippen LogP contribution < -0.4 is 5.32 Å². The van der Waals surface area contributed by atoms with Crippen LogP contribution in [-0.2, 0) is 4.79 Å². The van der Waals surface area contributed by atoms with Crippen LogP contribution in [0.1, 0.15) is 33.1 Å². The molecule has 0 saturated heterocycles. The molecule has 96 valence electrons. The van der Waals surface area contributed by atoms with Crippen LogP contribution in [0.15, 0.2) is 0 Å². The molecule has 4 nitrogen and oxygen atoms in total. The van der Waals surface area contributed by atoms with E-state index in [-0.39, 0.29) is 17.9 Å². The Bertz CT molecular complexity index is 298. The lowest BCUT2D eigenvalue weighted by atomic mass is 9.79. The summed E-state index contributed by atoms with van der Waals surface area (Å²) in [6.45, 7) is 5.51. The molecule has 1 amide bonds. The molecule has 1 saturated carbocycles. The highest BCUT2D eigenvalue weighted by Gasteiger charge is 2.32. The Morgan fingerprint density at radius 1 is 1.53 bits per heavy atom. The minimum absolute atomic E-state index is 0.0294. The van der Waals surface area contributed by atoms with E-state index in [0.717, 1.165) is 25.8 Å². The number of hydrogen-bond acceptors (Lipinski definition) is 3. The van der Waals surface area contributed by atoms with Gasteiger partial charge >= 0.3 is 0 Å². The van der Waals surface area contributed by atoms with Crippen molar-refractivity contribution in [2.45, 2.75) is 39.2 Å². The quantitative estimate of drug-likeness (QED) is 0.803. The van der Waals surface area contributed by atoms with Crippen LogP contribution in [0.4, 0.5) is 0 Å². The molecule has 0 aromatic heterocycles. The summed E-state index contributed by atoms with van der Waals surface area (Å²) in [4.78, 5) is 13.6. The van der Waals surface area contributed by atoms with Gasteiger partial charge in [0.25, 0.3) is 0 Å². The number of rotatable bonds is 4. The van der Waals surface area contributed by atoms with Crippen molar-refractivity contribution < 1.29 is 4.79 Å². The van der Waals surface area contributed by atoms with Crippen LogP contribution in [-0.4, -0.2) is 37.0 Å². The van der Waals surface area contributed by atoms with Crippen LogP contribution in [0, 0.1) is 23.2 Å². The summed E-state index contributed by atoms with van der Waals surface area (Å²) < 4.78 is 0. The van der Waals surface area contributed by atoms with Crippen molar-refractivity contribution in [1.29, 1.82) is 5.26 Å². The normalized spacial score (nSPS) is 28.8. The molecule has 4 heteroatoms. The summed E-state index contributed by atoms with van der Waals surface area (Å²) in [6, 6.07) is 2.65. The van der Waals surface area contributed by atoms with E-state index >= 15 is 0 Å². The molecule has 0 radical (unpaired) electrons. The number of nitrogens with one attached hydrogen (secondary N) is 1. The second kappa shape index (κ2) is 6.61. The summed E-state index contributed by atoms with van der Waals surface area (Å²) in [5.41, 5.74) is 0. The Balaban J connectivity index is 2.70. The third-order valence-corrected chi connectivity index (χ3v) is 3.75. The Kier molecular flexibility index (Phi) is 5.43. The number of hydrogen-bond donors (Lipinski definition) is 1. The van der Waals surface area contributed by atoms with E-state index in [1.807, 2.05) is 0 Å². The average molecular weight is 237 g/mol. The monoisotopic (exact) mass is 237 g/mol. The summed E-state index contributed by atoms with van der Waals surface area (Å²) >= 11 is 0. The van der Waals surface area contributed by atoms with E-state index in [9.17, 15) is 10.1 Å². The fourth-order valence-electron chi connectivity index (χ4n) is 2.63. The van der Waals surface area contributed by atoms with Gasteiger partial charge in [0, 0.05) is 13.1 Å². The predicted molar refractivity (Wildman–Crippen MR) is 67.2 cm³/mol. The maximum Gasteiger partial charge on any atom is 0.233 e. The van der Waals surface area contributed by atoms with E-state index < -0.39 is 0 Å². The van der Waals surface area contributed by atoms with Crippen molar-refractivity contribution in [1.82, 2.24) is 10.2 Å². The fourth-order valence-corrected chi connectivity index (χ4v) is 2.63. The van der Waals surface area contributed by atoms with Gasteiger partial charge in [0.15, 0.2) is 0 Å². The molecule has 3 unspecified atom stereocenters. The van der Waals surface area contributed by atoms with Crippen molar-refractivity contribution in [3.05, 3.63) is 0 Å². The molecule has 0 aromatic carbocycles. The van der Waals surface area contributed by atoms with Crippen LogP contribution in [0.5, 0.6) is 0 Å². The first kappa shape index (κ1) is 14.0. The second-order valence-corrected chi connectivity index (χ2v) is 4.96. The summed E-state index contributed by atoms with van der Waals surface area (Å²) in [5.74, 6) is 0.765. The number of carbonyl (C=O) groups excluding carboxylic acids is 1. The molecule has 0 spiro atoms. The summed E-state index contributed by atoms with van der Waals surface area (Å²) in [7, 11) is 1.65. The van der Waals surface area contributed by atoms with Crippen molar-refractivity contribution in [2.24, 2.45) is 11.8 Å². The third kappa shape index (κ3) is 3.71. The molecule has 0 heterocycles. The van der Waals surface area contributed by atoms with Gasteiger partial charge in [-0.3, -0.25) is 9.69 Å². The van der Waals surface area contributed by atoms with Crippen molar-refractivity contribution in [3.63, 3.8) is 0 Å². The van der Waals surface area contributed by atoms with Crippen LogP contribution in [0.25, 0.3) is 0 Å². The molecule has 1 aliphatic rings. The number of likely N-dealkylation sites (N-methyl/N-ethyl adjacent to an activating group) is 2. The van der Waals surface area contributed by atoms with E-state index in [1.54, 1.807) is 7.05 Å². The maximum absolute atomic E-state index is 11.5. The van der Waals surface area contributed by atoms with Crippen molar-refractivity contribution in [3.8, 4) is 6.07 Å². The van der Waals surface area contributed by atoms with Crippen molar-refractivity contribution >= 4 is 5.91 Å². The first-order valence-corrected chi connectivity index (χ1v) is 6.46. The zero-order valence-electron chi connectivity index (χ0n) is 11.1. The van der Waals surface area contributed by atoms with Gasteiger partial charge in [-0.1, -0.05) is 13.8 Å². The van der Waals surface area contributed by atoms with Gasteiger partial charge in [-0.05, 0) is 31.7 Å². The Morgan fingerprint density at radius 3 is 2.76 bits per heavy atom. The van der Waals surface area contributed by atoms with E-state index in [1.165, 1.54) is 0 Å². The van der Waals surface area contributed by atoms with Crippen molar-refractivity contribution in [2.75, 3.05) is 20.1 Å². The molecule has 0 bridgehead atoms. The molecule has 17 heavy (non-hydrogen) atoms. The van der Waals surface area contributed by atoms with Gasteiger partial charge in [-0.25, -0.2) is 0 Å².